The first kappa shape index (κ1) is 25.7. The van der Waals surface area contributed by atoms with Gasteiger partial charge in [0.1, 0.15) is 11.6 Å². The Morgan fingerprint density at radius 3 is 2.22 bits per heavy atom. The monoisotopic (exact) mass is 498 g/mol. The number of fused-ring (bicyclic) bond motifs is 5. The van der Waals surface area contributed by atoms with Gasteiger partial charge in [-0.05, 0) is 66.9 Å². The Balaban J connectivity index is 1.53. The van der Waals surface area contributed by atoms with E-state index in [1.54, 1.807) is 6.92 Å². The van der Waals surface area contributed by atoms with E-state index >= 15 is 4.39 Å². The molecule has 36 heavy (non-hydrogen) atoms. The molecule has 0 spiro atoms. The van der Waals surface area contributed by atoms with Gasteiger partial charge in [0.25, 0.3) is 0 Å². The quantitative estimate of drug-likeness (QED) is 0.612. The number of Topliss-reactive ketones (excluding diaryl/α,β-unsaturated/α-hetero) is 3. The molecule has 4 saturated carbocycles. The van der Waals surface area contributed by atoms with Crippen LogP contribution in [0, 0.1) is 51.2 Å². The van der Waals surface area contributed by atoms with Crippen molar-refractivity contribution < 1.29 is 28.7 Å². The topological polar surface area (TPSA) is 88.5 Å². The van der Waals surface area contributed by atoms with E-state index in [1.165, 1.54) is 25.2 Å². The normalized spacial score (nSPS) is 46.5. The number of aliphatic hydroxyl groups is 1. The summed E-state index contributed by atoms with van der Waals surface area (Å²) in [5.41, 5.74) is -4.35. The summed E-state index contributed by atoms with van der Waals surface area (Å²) in [5, 5.41) is 11.4. The maximum absolute atomic E-state index is 17.3. The van der Waals surface area contributed by atoms with Crippen molar-refractivity contribution in [2.24, 2.45) is 51.2 Å². The Morgan fingerprint density at radius 2 is 1.67 bits per heavy atom. The molecule has 0 radical (unpaired) electrons. The molecular formula is C30H39FO5. The van der Waals surface area contributed by atoms with Gasteiger partial charge in [0.2, 0.25) is 0 Å². The van der Waals surface area contributed by atoms with Crippen LogP contribution in [0.15, 0.2) is 23.8 Å². The zero-order valence-electron chi connectivity index (χ0n) is 22.5. The van der Waals surface area contributed by atoms with Crippen molar-refractivity contribution in [1.82, 2.24) is 0 Å². The number of hydrogen-bond donors (Lipinski definition) is 1. The van der Waals surface area contributed by atoms with Gasteiger partial charge in [-0.2, -0.15) is 0 Å². The molecule has 0 aliphatic heterocycles. The molecular weight excluding hydrogens is 459 g/mol. The van der Waals surface area contributed by atoms with E-state index in [0.717, 1.165) is 0 Å². The predicted octanol–water partition coefficient (Wildman–Crippen LogP) is 4.61. The van der Waals surface area contributed by atoms with Crippen molar-refractivity contribution >= 4 is 23.1 Å². The largest absolute Gasteiger partial charge is 0.390 e. The van der Waals surface area contributed by atoms with Crippen LogP contribution in [0.5, 0.6) is 0 Å². The molecule has 0 unspecified atom stereocenters. The lowest BCUT2D eigenvalue weighted by atomic mass is 9.45. The molecule has 0 bridgehead atoms. The fourth-order valence-electron chi connectivity index (χ4n) is 9.60. The standard InChI is InChI=1S/C30H39FO5/c1-15(32)24-16(11-22(35)25-26(2,3)27(25,4)5)10-18-19-13-21(34)20-12-17(33)8-9-29(20,7)30(19,31)23(36)14-28(18,24)6/h8-9,12,16,18-19,23-25,36H,10-11,13-14H2,1-7H3/t16-,18-,19-,23+,24-,28-,29-,30-/m0/s1. The molecule has 6 heteroatoms. The van der Waals surface area contributed by atoms with Crippen LogP contribution in [0.25, 0.3) is 0 Å². The number of halogens is 1. The van der Waals surface area contributed by atoms with Crippen LogP contribution in [0.1, 0.15) is 74.1 Å². The minimum atomic E-state index is -2.14. The van der Waals surface area contributed by atoms with E-state index in [2.05, 4.69) is 27.7 Å². The molecule has 0 amide bonds. The SMILES string of the molecule is CC(=O)[C@H]1[C@H](CC(=O)C2C(C)(C)C2(C)C)C[C@H]2[C@@H]3CC(=O)C4=CC(=O)C=C[C@]4(C)[C@@]3(F)[C@H](O)C[C@@]21C. The Kier molecular flexibility index (Phi) is 5.23. The molecule has 196 valence electrons. The van der Waals surface area contributed by atoms with Crippen LogP contribution >= 0.6 is 0 Å². The van der Waals surface area contributed by atoms with Crippen molar-refractivity contribution in [3.8, 4) is 0 Å². The predicted molar refractivity (Wildman–Crippen MR) is 132 cm³/mol. The van der Waals surface area contributed by atoms with E-state index in [9.17, 15) is 24.3 Å². The van der Waals surface area contributed by atoms with Crippen LogP contribution in [-0.4, -0.2) is 40.0 Å². The molecule has 0 heterocycles. The number of alkyl halides is 1. The van der Waals surface area contributed by atoms with E-state index in [4.69, 9.17) is 0 Å². The Labute approximate surface area is 213 Å². The zero-order valence-corrected chi connectivity index (χ0v) is 22.5. The highest BCUT2D eigenvalue weighted by molar-refractivity contribution is 6.10. The van der Waals surface area contributed by atoms with Gasteiger partial charge in [0.15, 0.2) is 17.2 Å². The third-order valence-electron chi connectivity index (χ3n) is 11.9. The van der Waals surface area contributed by atoms with Gasteiger partial charge in [0, 0.05) is 36.2 Å². The van der Waals surface area contributed by atoms with E-state index in [0.29, 0.717) is 6.42 Å². The minimum absolute atomic E-state index is 0.0391. The number of allylic oxidation sites excluding steroid dienone is 4. The van der Waals surface area contributed by atoms with E-state index < -0.39 is 34.4 Å². The molecule has 5 aliphatic carbocycles. The maximum Gasteiger partial charge on any atom is 0.178 e. The van der Waals surface area contributed by atoms with Crippen molar-refractivity contribution in [2.75, 3.05) is 0 Å². The number of rotatable bonds is 4. The van der Waals surface area contributed by atoms with Gasteiger partial charge in [-0.3, -0.25) is 19.2 Å². The molecule has 5 rings (SSSR count). The number of hydrogen-bond acceptors (Lipinski definition) is 5. The average Bonchev–Trinajstić information content (AvgIpc) is 3.00. The van der Waals surface area contributed by atoms with Crippen molar-refractivity contribution in [2.45, 2.75) is 85.9 Å². The minimum Gasteiger partial charge on any atom is -0.390 e. The molecule has 4 fully saturated rings. The summed E-state index contributed by atoms with van der Waals surface area (Å²) in [7, 11) is 0. The van der Waals surface area contributed by atoms with Crippen LogP contribution in [0.2, 0.25) is 0 Å². The molecule has 0 saturated heterocycles. The molecule has 5 nitrogen and oxygen atoms in total. The second-order valence-corrected chi connectivity index (χ2v) is 14.0. The van der Waals surface area contributed by atoms with Gasteiger partial charge in [-0.15, -0.1) is 0 Å². The number of carbonyl (C=O) groups is 4. The fraction of sp³-hybridized carbons (Fsp3) is 0.733. The summed E-state index contributed by atoms with van der Waals surface area (Å²) >= 11 is 0. The molecule has 0 aromatic rings. The van der Waals surface area contributed by atoms with E-state index in [-0.39, 0.29) is 76.6 Å². The van der Waals surface area contributed by atoms with Crippen LogP contribution in [0.3, 0.4) is 0 Å². The third-order valence-corrected chi connectivity index (χ3v) is 11.9. The van der Waals surface area contributed by atoms with Crippen LogP contribution in [-0.2, 0) is 19.2 Å². The molecule has 5 aliphatic rings. The van der Waals surface area contributed by atoms with Crippen LogP contribution in [0.4, 0.5) is 4.39 Å². The summed E-state index contributed by atoms with van der Waals surface area (Å²) in [4.78, 5) is 51.8. The fourth-order valence-corrected chi connectivity index (χ4v) is 9.60. The number of carbonyl (C=O) groups excluding carboxylic acids is 4. The molecule has 1 N–H and O–H groups in total. The van der Waals surface area contributed by atoms with Crippen LogP contribution < -0.4 is 0 Å². The summed E-state index contributed by atoms with van der Waals surface area (Å²) < 4.78 is 17.3. The summed E-state index contributed by atoms with van der Waals surface area (Å²) in [6, 6.07) is 0. The first-order chi connectivity index (χ1) is 16.4. The highest BCUT2D eigenvalue weighted by atomic mass is 19.1. The summed E-state index contributed by atoms with van der Waals surface area (Å²) in [6.07, 6.45) is 3.28. The number of ketones is 4. The lowest BCUT2D eigenvalue weighted by Gasteiger charge is -2.61. The van der Waals surface area contributed by atoms with Gasteiger partial charge in [-0.25, -0.2) is 4.39 Å². The van der Waals surface area contributed by atoms with E-state index in [1.807, 2.05) is 6.92 Å². The van der Waals surface area contributed by atoms with Crippen molar-refractivity contribution in [1.29, 1.82) is 0 Å². The molecule has 8 atom stereocenters. The third kappa shape index (κ3) is 2.91. The molecule has 0 aromatic carbocycles. The van der Waals surface area contributed by atoms with Gasteiger partial charge in [-0.1, -0.05) is 40.7 Å². The second kappa shape index (κ2) is 7.33. The average molecular weight is 499 g/mol. The lowest BCUT2D eigenvalue weighted by Crippen LogP contribution is -2.68. The lowest BCUT2D eigenvalue weighted by molar-refractivity contribution is -0.195. The second-order valence-electron chi connectivity index (χ2n) is 14.0. The zero-order chi connectivity index (χ0) is 26.8. The van der Waals surface area contributed by atoms with Gasteiger partial charge in [0.05, 0.1) is 11.5 Å². The molecule has 0 aromatic heterocycles. The highest BCUT2D eigenvalue weighted by Gasteiger charge is 2.74. The summed E-state index contributed by atoms with van der Waals surface area (Å²) in [6.45, 7) is 13.5. The van der Waals surface area contributed by atoms with Gasteiger partial charge >= 0.3 is 0 Å². The maximum atomic E-state index is 17.3. The first-order valence-corrected chi connectivity index (χ1v) is 13.3. The smallest absolute Gasteiger partial charge is 0.178 e. The Bertz CT molecular complexity index is 1130. The first-order valence-electron chi connectivity index (χ1n) is 13.3. The van der Waals surface area contributed by atoms with Crippen molar-refractivity contribution in [3.05, 3.63) is 23.8 Å². The number of aliphatic hydroxyl groups excluding tert-OH is 1. The van der Waals surface area contributed by atoms with Gasteiger partial charge < -0.3 is 5.11 Å². The van der Waals surface area contributed by atoms with Crippen molar-refractivity contribution in [3.63, 3.8) is 0 Å². The Morgan fingerprint density at radius 1 is 1.06 bits per heavy atom. The highest BCUT2D eigenvalue weighted by Crippen LogP contribution is 2.72. The summed E-state index contributed by atoms with van der Waals surface area (Å²) in [5.74, 6) is -2.43. The Hall–Kier alpha value is -1.95.